The molecule has 1 saturated heterocycles. The molecule has 4 rings (SSSR count). The third kappa shape index (κ3) is 3.66. The van der Waals surface area contributed by atoms with Crippen molar-refractivity contribution in [3.8, 4) is 11.8 Å². The molecule has 0 radical (unpaired) electrons. The van der Waals surface area contributed by atoms with Crippen molar-refractivity contribution in [2.45, 2.75) is 25.4 Å². The number of aromatic nitrogens is 2. The summed E-state index contributed by atoms with van der Waals surface area (Å²) < 4.78 is 0. The minimum Gasteiger partial charge on any atom is -0.351 e. The van der Waals surface area contributed by atoms with Crippen LogP contribution in [-0.2, 0) is 4.84 Å². The monoisotopic (exact) mass is 377 g/mol. The van der Waals surface area contributed by atoms with E-state index in [2.05, 4.69) is 27.3 Å². The lowest BCUT2D eigenvalue weighted by atomic mass is 9.91. The SMILES string of the molecule is Cc1ccc([N+](=O)[O-])c(N2CCC3(C=C(C#Cc4ccccn4)NO3)CC2)n1. The highest BCUT2D eigenvalue weighted by Gasteiger charge is 2.39. The molecule has 0 atom stereocenters. The Labute approximate surface area is 162 Å². The maximum absolute atomic E-state index is 11.3. The lowest BCUT2D eigenvalue weighted by Crippen LogP contribution is -2.45. The number of hydrogen-bond acceptors (Lipinski definition) is 7. The summed E-state index contributed by atoms with van der Waals surface area (Å²) in [6.45, 7) is 3.05. The van der Waals surface area contributed by atoms with Crippen molar-refractivity contribution < 1.29 is 9.76 Å². The van der Waals surface area contributed by atoms with Gasteiger partial charge in [-0.25, -0.2) is 9.97 Å². The molecular weight excluding hydrogens is 358 g/mol. The van der Waals surface area contributed by atoms with E-state index in [9.17, 15) is 10.1 Å². The smallest absolute Gasteiger partial charge is 0.311 e. The van der Waals surface area contributed by atoms with Crippen LogP contribution < -0.4 is 10.4 Å². The van der Waals surface area contributed by atoms with Crippen molar-refractivity contribution in [3.63, 3.8) is 0 Å². The molecule has 0 saturated carbocycles. The molecule has 2 aromatic heterocycles. The molecule has 142 valence electrons. The van der Waals surface area contributed by atoms with Gasteiger partial charge in [-0.1, -0.05) is 6.07 Å². The minimum atomic E-state index is -0.455. The number of aryl methyl sites for hydroxylation is 1. The van der Waals surface area contributed by atoms with E-state index in [1.54, 1.807) is 12.3 Å². The van der Waals surface area contributed by atoms with E-state index in [-0.39, 0.29) is 10.6 Å². The summed E-state index contributed by atoms with van der Waals surface area (Å²) in [4.78, 5) is 27.3. The Morgan fingerprint density at radius 2 is 2.07 bits per heavy atom. The Hall–Kier alpha value is -3.44. The van der Waals surface area contributed by atoms with Gasteiger partial charge in [-0.05, 0) is 43.0 Å². The number of rotatable bonds is 2. The topological polar surface area (TPSA) is 93.4 Å². The predicted octanol–water partition coefficient (Wildman–Crippen LogP) is 2.50. The van der Waals surface area contributed by atoms with E-state index in [1.807, 2.05) is 36.1 Å². The molecule has 1 fully saturated rings. The molecule has 0 unspecified atom stereocenters. The van der Waals surface area contributed by atoms with Gasteiger partial charge >= 0.3 is 5.69 Å². The Bertz CT molecular complexity index is 986. The van der Waals surface area contributed by atoms with Gasteiger partial charge in [-0.3, -0.25) is 20.4 Å². The first kappa shape index (κ1) is 17.9. The van der Waals surface area contributed by atoms with Crippen LogP contribution in [0.3, 0.4) is 0 Å². The summed E-state index contributed by atoms with van der Waals surface area (Å²) in [5, 5.41) is 11.3. The fraction of sp³-hybridized carbons (Fsp3) is 0.300. The zero-order valence-corrected chi connectivity index (χ0v) is 15.4. The van der Waals surface area contributed by atoms with Gasteiger partial charge in [0.05, 0.1) is 4.92 Å². The molecule has 2 aliphatic rings. The number of nitrogens with zero attached hydrogens (tertiary/aromatic N) is 4. The summed E-state index contributed by atoms with van der Waals surface area (Å²) in [6, 6.07) is 8.75. The van der Waals surface area contributed by atoms with E-state index in [1.165, 1.54) is 6.07 Å². The van der Waals surface area contributed by atoms with Crippen LogP contribution in [0.5, 0.6) is 0 Å². The number of hydrogen-bond donors (Lipinski definition) is 1. The van der Waals surface area contributed by atoms with E-state index >= 15 is 0 Å². The van der Waals surface area contributed by atoms with Crippen LogP contribution in [0.2, 0.25) is 0 Å². The number of nitro groups is 1. The lowest BCUT2D eigenvalue weighted by Gasteiger charge is -2.36. The molecule has 0 amide bonds. The Kier molecular flexibility index (Phi) is 4.67. The predicted molar refractivity (Wildman–Crippen MR) is 103 cm³/mol. The first-order valence-electron chi connectivity index (χ1n) is 9.02. The Balaban J connectivity index is 1.48. The molecule has 0 bridgehead atoms. The van der Waals surface area contributed by atoms with Crippen molar-refractivity contribution >= 4 is 11.5 Å². The zero-order valence-electron chi connectivity index (χ0n) is 15.4. The number of pyridine rings is 2. The molecule has 0 aromatic carbocycles. The van der Waals surface area contributed by atoms with Crippen LogP contribution in [0.15, 0.2) is 48.3 Å². The van der Waals surface area contributed by atoms with Crippen molar-refractivity contribution in [1.82, 2.24) is 15.4 Å². The van der Waals surface area contributed by atoms with Crippen LogP contribution in [0, 0.1) is 28.9 Å². The number of anilines is 1. The number of allylic oxidation sites excluding steroid dienone is 1. The van der Waals surface area contributed by atoms with Gasteiger partial charge in [-0.2, -0.15) is 0 Å². The molecule has 1 spiro atoms. The molecule has 28 heavy (non-hydrogen) atoms. The second-order valence-electron chi connectivity index (χ2n) is 6.83. The first-order valence-corrected chi connectivity index (χ1v) is 9.02. The van der Waals surface area contributed by atoms with E-state index in [0.29, 0.717) is 43.1 Å². The molecular formula is C20H19N5O3. The zero-order chi connectivity index (χ0) is 19.6. The molecule has 8 nitrogen and oxygen atoms in total. The largest absolute Gasteiger partial charge is 0.351 e. The highest BCUT2D eigenvalue weighted by molar-refractivity contribution is 5.58. The van der Waals surface area contributed by atoms with Crippen LogP contribution in [0.1, 0.15) is 24.2 Å². The number of hydroxylamine groups is 1. The quantitative estimate of drug-likeness (QED) is 0.488. The Morgan fingerprint density at radius 1 is 1.25 bits per heavy atom. The number of piperidine rings is 1. The van der Waals surface area contributed by atoms with Crippen molar-refractivity contribution in [3.05, 3.63) is 69.8 Å². The molecule has 8 heteroatoms. The third-order valence-electron chi connectivity index (χ3n) is 4.86. The van der Waals surface area contributed by atoms with E-state index in [4.69, 9.17) is 4.84 Å². The van der Waals surface area contributed by atoms with Gasteiger partial charge in [0, 0.05) is 43.9 Å². The molecule has 0 aliphatic carbocycles. The van der Waals surface area contributed by atoms with Gasteiger partial charge in [0.2, 0.25) is 5.82 Å². The molecule has 2 aliphatic heterocycles. The maximum atomic E-state index is 11.3. The van der Waals surface area contributed by atoms with Gasteiger partial charge in [0.1, 0.15) is 17.0 Å². The minimum absolute atomic E-state index is 0.0319. The average Bonchev–Trinajstić information content (AvgIpc) is 3.10. The molecule has 4 heterocycles. The highest BCUT2D eigenvalue weighted by atomic mass is 16.7. The third-order valence-corrected chi connectivity index (χ3v) is 4.86. The second kappa shape index (κ2) is 7.29. The van der Waals surface area contributed by atoms with E-state index in [0.717, 1.165) is 5.69 Å². The molecule has 2 aromatic rings. The fourth-order valence-electron chi connectivity index (χ4n) is 3.36. The second-order valence-corrected chi connectivity index (χ2v) is 6.83. The summed E-state index contributed by atoms with van der Waals surface area (Å²) in [6.07, 6.45) is 5.06. The summed E-state index contributed by atoms with van der Waals surface area (Å²) >= 11 is 0. The van der Waals surface area contributed by atoms with Gasteiger partial charge < -0.3 is 4.90 Å². The lowest BCUT2D eigenvalue weighted by molar-refractivity contribution is -0.384. The summed E-state index contributed by atoms with van der Waals surface area (Å²) in [7, 11) is 0. The summed E-state index contributed by atoms with van der Waals surface area (Å²) in [5.41, 5.74) is 4.63. The summed E-state index contributed by atoms with van der Waals surface area (Å²) in [5.74, 6) is 6.46. The van der Waals surface area contributed by atoms with Crippen LogP contribution in [0.25, 0.3) is 0 Å². The first-order chi connectivity index (χ1) is 13.5. The van der Waals surface area contributed by atoms with Crippen LogP contribution in [0.4, 0.5) is 11.5 Å². The maximum Gasteiger partial charge on any atom is 0.311 e. The van der Waals surface area contributed by atoms with Crippen LogP contribution >= 0.6 is 0 Å². The van der Waals surface area contributed by atoms with Gasteiger partial charge in [0.15, 0.2) is 0 Å². The Morgan fingerprint density at radius 3 is 2.79 bits per heavy atom. The number of nitrogens with one attached hydrogen (secondary N) is 1. The van der Waals surface area contributed by atoms with Gasteiger partial charge in [-0.15, -0.1) is 0 Å². The highest BCUT2D eigenvalue weighted by Crippen LogP contribution is 2.35. The molecule has 1 N–H and O–H groups in total. The van der Waals surface area contributed by atoms with E-state index < -0.39 is 5.60 Å². The average molecular weight is 377 g/mol. The fourth-order valence-corrected chi connectivity index (χ4v) is 3.36. The van der Waals surface area contributed by atoms with Crippen molar-refractivity contribution in [1.29, 1.82) is 0 Å². The standard InChI is InChI=1S/C20H19N5O3/c1-15-5-8-18(25(26)27)19(22-15)24-12-9-20(10-13-24)14-17(23-28-20)7-6-16-4-2-3-11-21-16/h2-5,8,11,14,23H,9-10,12-13H2,1H3. The van der Waals surface area contributed by atoms with Crippen molar-refractivity contribution in [2.24, 2.45) is 0 Å². The van der Waals surface area contributed by atoms with Gasteiger partial charge in [0.25, 0.3) is 0 Å². The normalized spacial score (nSPS) is 17.5. The van der Waals surface area contributed by atoms with Crippen molar-refractivity contribution in [2.75, 3.05) is 18.0 Å². The van der Waals surface area contributed by atoms with Crippen LogP contribution in [-0.4, -0.2) is 33.6 Å².